The van der Waals surface area contributed by atoms with Gasteiger partial charge >= 0.3 is 0 Å². The van der Waals surface area contributed by atoms with Crippen molar-refractivity contribution in [1.82, 2.24) is 5.32 Å². The van der Waals surface area contributed by atoms with E-state index in [1.54, 1.807) is 18.9 Å². The Morgan fingerprint density at radius 1 is 1.55 bits per heavy atom. The number of hydrogen-bond acceptors (Lipinski definition) is 4. The Labute approximate surface area is 124 Å². The number of amides is 1. The fourth-order valence-electron chi connectivity index (χ4n) is 2.81. The number of hydrogen-bond donors (Lipinski definition) is 2. The van der Waals surface area contributed by atoms with Crippen LogP contribution in [-0.2, 0) is 4.79 Å². The maximum absolute atomic E-state index is 11.8. The van der Waals surface area contributed by atoms with Gasteiger partial charge in [-0.05, 0) is 37.9 Å². The van der Waals surface area contributed by atoms with Crippen molar-refractivity contribution < 1.29 is 9.53 Å². The van der Waals surface area contributed by atoms with E-state index in [0.717, 1.165) is 36.5 Å². The largest absolute Gasteiger partial charge is 0.496 e. The Morgan fingerprint density at radius 3 is 2.95 bits per heavy atom. The highest BCUT2D eigenvalue weighted by Crippen LogP contribution is 2.42. The summed E-state index contributed by atoms with van der Waals surface area (Å²) in [5, 5.41) is 3.67. The van der Waals surface area contributed by atoms with Crippen LogP contribution in [0.5, 0.6) is 5.75 Å². The monoisotopic (exact) mass is 294 g/mol. The molecule has 1 fully saturated rings. The highest BCUT2D eigenvalue weighted by molar-refractivity contribution is 8.00. The molecule has 0 bridgehead atoms. The van der Waals surface area contributed by atoms with Crippen molar-refractivity contribution in [3.05, 3.63) is 24.3 Å². The van der Waals surface area contributed by atoms with Gasteiger partial charge in [-0.2, -0.15) is 0 Å². The predicted octanol–water partition coefficient (Wildman–Crippen LogP) is 2.17. The van der Waals surface area contributed by atoms with Crippen LogP contribution in [-0.4, -0.2) is 30.4 Å². The first-order chi connectivity index (χ1) is 9.61. The highest BCUT2D eigenvalue weighted by Gasteiger charge is 2.43. The molecule has 0 radical (unpaired) electrons. The van der Waals surface area contributed by atoms with Gasteiger partial charge in [0.25, 0.3) is 0 Å². The smallest absolute Gasteiger partial charge is 0.237 e. The molecule has 0 heterocycles. The summed E-state index contributed by atoms with van der Waals surface area (Å²) in [6.45, 7) is 2.76. The van der Waals surface area contributed by atoms with Crippen molar-refractivity contribution in [2.24, 2.45) is 5.73 Å². The minimum absolute atomic E-state index is 0.234. The van der Waals surface area contributed by atoms with Crippen molar-refractivity contribution in [2.45, 2.75) is 41.9 Å². The SMILES string of the molecule is CCNC1(C(N)=O)CCC(Sc2ccccc2OC)C1. The van der Waals surface area contributed by atoms with Crippen molar-refractivity contribution in [3.63, 3.8) is 0 Å². The van der Waals surface area contributed by atoms with Gasteiger partial charge < -0.3 is 15.8 Å². The van der Waals surface area contributed by atoms with Crippen LogP contribution in [0.15, 0.2) is 29.2 Å². The highest BCUT2D eigenvalue weighted by atomic mass is 32.2. The quantitative estimate of drug-likeness (QED) is 0.844. The third-order valence-electron chi connectivity index (χ3n) is 3.82. The lowest BCUT2D eigenvalue weighted by atomic mass is 9.97. The number of thioether (sulfide) groups is 1. The standard InChI is InChI=1S/C15H22N2O2S/c1-3-17-15(14(16)18)9-8-11(10-15)20-13-7-5-4-6-12(13)19-2/h4-7,11,17H,3,8-10H2,1-2H3,(H2,16,18). The van der Waals surface area contributed by atoms with Gasteiger partial charge in [0, 0.05) is 10.1 Å². The van der Waals surface area contributed by atoms with E-state index >= 15 is 0 Å². The van der Waals surface area contributed by atoms with Gasteiger partial charge in [0.2, 0.25) is 5.91 Å². The minimum atomic E-state index is -0.533. The molecule has 5 heteroatoms. The normalized spacial score (nSPS) is 25.6. The molecule has 1 saturated carbocycles. The molecule has 4 nitrogen and oxygen atoms in total. The van der Waals surface area contributed by atoms with E-state index in [-0.39, 0.29) is 5.91 Å². The number of para-hydroxylation sites is 1. The molecule has 2 unspecified atom stereocenters. The number of primary amides is 1. The molecule has 0 aliphatic heterocycles. The van der Waals surface area contributed by atoms with Gasteiger partial charge in [-0.1, -0.05) is 19.1 Å². The van der Waals surface area contributed by atoms with Crippen LogP contribution in [0.4, 0.5) is 0 Å². The van der Waals surface area contributed by atoms with Gasteiger partial charge in [-0.15, -0.1) is 11.8 Å². The Bertz CT molecular complexity index is 481. The molecule has 1 aromatic rings. The lowest BCUT2D eigenvalue weighted by Gasteiger charge is -2.26. The van der Waals surface area contributed by atoms with Crippen molar-refractivity contribution in [1.29, 1.82) is 0 Å². The zero-order chi connectivity index (χ0) is 14.6. The van der Waals surface area contributed by atoms with Gasteiger partial charge in [-0.3, -0.25) is 4.79 Å². The molecule has 20 heavy (non-hydrogen) atoms. The summed E-state index contributed by atoms with van der Waals surface area (Å²) in [5.74, 6) is 0.653. The number of methoxy groups -OCH3 is 1. The van der Waals surface area contributed by atoms with E-state index in [9.17, 15) is 4.79 Å². The Morgan fingerprint density at radius 2 is 2.30 bits per heavy atom. The summed E-state index contributed by atoms with van der Waals surface area (Å²) in [4.78, 5) is 12.9. The van der Waals surface area contributed by atoms with E-state index < -0.39 is 5.54 Å². The second kappa shape index (κ2) is 6.50. The van der Waals surface area contributed by atoms with Crippen molar-refractivity contribution >= 4 is 17.7 Å². The maximum atomic E-state index is 11.8. The minimum Gasteiger partial charge on any atom is -0.496 e. The van der Waals surface area contributed by atoms with Crippen LogP contribution in [0.1, 0.15) is 26.2 Å². The molecule has 2 atom stereocenters. The molecule has 0 spiro atoms. The Hall–Kier alpha value is -1.20. The summed E-state index contributed by atoms with van der Waals surface area (Å²) < 4.78 is 5.37. The van der Waals surface area contributed by atoms with Gasteiger partial charge in [0.15, 0.2) is 0 Å². The third-order valence-corrected chi connectivity index (χ3v) is 5.15. The number of carbonyl (C=O) groups is 1. The lowest BCUT2D eigenvalue weighted by Crippen LogP contribution is -2.53. The number of likely N-dealkylation sites (N-methyl/N-ethyl adjacent to an activating group) is 1. The molecule has 1 aliphatic carbocycles. The third kappa shape index (κ3) is 3.10. The fourth-order valence-corrected chi connectivity index (χ4v) is 4.19. The molecule has 0 aromatic heterocycles. The topological polar surface area (TPSA) is 64.3 Å². The summed E-state index contributed by atoms with van der Waals surface area (Å²) in [5.41, 5.74) is 5.06. The van der Waals surface area contributed by atoms with Gasteiger partial charge in [0.1, 0.15) is 5.75 Å². The van der Waals surface area contributed by atoms with Crippen LogP contribution in [0, 0.1) is 0 Å². The molecule has 110 valence electrons. The molecular formula is C15H22N2O2S. The van der Waals surface area contributed by atoms with Gasteiger partial charge in [-0.25, -0.2) is 0 Å². The molecule has 2 rings (SSSR count). The van der Waals surface area contributed by atoms with Crippen molar-refractivity contribution in [2.75, 3.05) is 13.7 Å². The number of nitrogens with one attached hydrogen (secondary N) is 1. The van der Waals surface area contributed by atoms with Crippen LogP contribution in [0.2, 0.25) is 0 Å². The summed E-state index contributed by atoms with van der Waals surface area (Å²) in [6, 6.07) is 7.99. The van der Waals surface area contributed by atoms with E-state index in [2.05, 4.69) is 11.4 Å². The van der Waals surface area contributed by atoms with E-state index in [1.807, 2.05) is 25.1 Å². The Kier molecular flexibility index (Phi) is 4.94. The fraction of sp³-hybridized carbons (Fsp3) is 0.533. The van der Waals surface area contributed by atoms with E-state index in [4.69, 9.17) is 10.5 Å². The van der Waals surface area contributed by atoms with E-state index in [1.165, 1.54) is 0 Å². The average molecular weight is 294 g/mol. The zero-order valence-electron chi connectivity index (χ0n) is 12.0. The summed E-state index contributed by atoms with van der Waals surface area (Å²) in [7, 11) is 1.68. The van der Waals surface area contributed by atoms with Crippen LogP contribution >= 0.6 is 11.8 Å². The number of carbonyl (C=O) groups excluding carboxylic acids is 1. The van der Waals surface area contributed by atoms with Crippen LogP contribution < -0.4 is 15.8 Å². The molecule has 0 saturated heterocycles. The molecule has 1 amide bonds. The number of ether oxygens (including phenoxy) is 1. The van der Waals surface area contributed by atoms with E-state index in [0.29, 0.717) is 5.25 Å². The molecule has 1 aromatic carbocycles. The summed E-state index contributed by atoms with van der Waals surface area (Å²) in [6.07, 6.45) is 2.57. The van der Waals surface area contributed by atoms with Crippen LogP contribution in [0.3, 0.4) is 0 Å². The maximum Gasteiger partial charge on any atom is 0.237 e. The van der Waals surface area contributed by atoms with Gasteiger partial charge in [0.05, 0.1) is 12.6 Å². The van der Waals surface area contributed by atoms with Crippen LogP contribution in [0.25, 0.3) is 0 Å². The number of nitrogens with two attached hydrogens (primary N) is 1. The molecular weight excluding hydrogens is 272 g/mol. The predicted molar refractivity (Wildman–Crippen MR) is 82.1 cm³/mol. The van der Waals surface area contributed by atoms with Crippen molar-refractivity contribution in [3.8, 4) is 5.75 Å². The zero-order valence-corrected chi connectivity index (χ0v) is 12.8. The number of rotatable bonds is 6. The first-order valence-corrected chi connectivity index (χ1v) is 7.84. The Balaban J connectivity index is 2.07. The second-order valence-corrected chi connectivity index (χ2v) is 6.45. The number of benzene rings is 1. The first-order valence-electron chi connectivity index (χ1n) is 6.96. The molecule has 1 aliphatic rings. The lowest BCUT2D eigenvalue weighted by molar-refractivity contribution is -0.124. The second-order valence-electron chi connectivity index (χ2n) is 5.11. The summed E-state index contributed by atoms with van der Waals surface area (Å²) >= 11 is 1.78. The average Bonchev–Trinajstić information content (AvgIpc) is 2.84. The molecule has 3 N–H and O–H groups in total. The first kappa shape index (κ1) is 15.2.